The van der Waals surface area contributed by atoms with Gasteiger partial charge >= 0.3 is 0 Å². The van der Waals surface area contributed by atoms with Crippen LogP contribution < -0.4 is 4.90 Å². The van der Waals surface area contributed by atoms with Gasteiger partial charge in [0, 0.05) is 35.6 Å². The average molecular weight is 310 g/mol. The van der Waals surface area contributed by atoms with Crippen molar-refractivity contribution < 1.29 is 4.74 Å². The zero-order valence-corrected chi connectivity index (χ0v) is 13.9. The Labute approximate surface area is 138 Å². The van der Waals surface area contributed by atoms with Gasteiger partial charge in [0.1, 0.15) is 6.73 Å². The Kier molecular flexibility index (Phi) is 2.49. The van der Waals surface area contributed by atoms with Gasteiger partial charge in [-0.3, -0.25) is 4.90 Å². The predicted octanol–water partition coefficient (Wildman–Crippen LogP) is 2.85. The second-order valence-corrected chi connectivity index (χ2v) is 8.46. The van der Waals surface area contributed by atoms with Crippen LogP contribution in [0.1, 0.15) is 31.7 Å². The van der Waals surface area contributed by atoms with Gasteiger partial charge in [-0.2, -0.15) is 0 Å². The Bertz CT molecular complexity index is 661. The van der Waals surface area contributed by atoms with Crippen molar-refractivity contribution in [3.63, 3.8) is 0 Å². The third-order valence-corrected chi connectivity index (χ3v) is 8.02. The maximum atomic E-state index is 6.13. The normalized spacial score (nSPS) is 46.7. The topological polar surface area (TPSA) is 15.7 Å². The summed E-state index contributed by atoms with van der Waals surface area (Å²) in [6, 6.07) is 10.7. The van der Waals surface area contributed by atoms with Gasteiger partial charge in [0.05, 0.1) is 6.61 Å². The fraction of sp³-hybridized carbons (Fsp3) is 0.700. The zero-order valence-electron chi connectivity index (χ0n) is 13.9. The Hall–Kier alpha value is -1.06. The Balaban J connectivity index is 1.59. The largest absolute Gasteiger partial charge is 0.361 e. The van der Waals surface area contributed by atoms with E-state index in [9.17, 15) is 0 Å². The van der Waals surface area contributed by atoms with Crippen LogP contribution in [-0.4, -0.2) is 43.4 Å². The van der Waals surface area contributed by atoms with Gasteiger partial charge in [0.2, 0.25) is 0 Å². The van der Waals surface area contributed by atoms with Crippen molar-refractivity contribution in [1.82, 2.24) is 4.90 Å². The van der Waals surface area contributed by atoms with E-state index < -0.39 is 0 Å². The third-order valence-electron chi connectivity index (χ3n) is 8.02. The molecule has 3 heteroatoms. The number of hydrogen-bond donors (Lipinski definition) is 0. The van der Waals surface area contributed by atoms with E-state index in [0.717, 1.165) is 37.1 Å². The third kappa shape index (κ3) is 1.37. The lowest BCUT2D eigenvalue weighted by Crippen LogP contribution is -2.68. The zero-order chi connectivity index (χ0) is 15.2. The molecule has 4 aliphatic heterocycles. The number of rotatable bonds is 1. The van der Waals surface area contributed by atoms with Crippen molar-refractivity contribution in [1.29, 1.82) is 0 Å². The highest BCUT2D eigenvalue weighted by Crippen LogP contribution is 2.64. The lowest BCUT2D eigenvalue weighted by molar-refractivity contribution is -0.0817. The molecule has 0 radical (unpaired) electrons. The number of ether oxygens (including phenoxy) is 1. The van der Waals surface area contributed by atoms with Gasteiger partial charge in [-0.15, -0.1) is 0 Å². The van der Waals surface area contributed by atoms with Crippen molar-refractivity contribution >= 4 is 5.69 Å². The molecule has 6 atom stereocenters. The SMILES string of the molecule is CC[C@@H]1CN2CC[C@@]34c5ccccc5N5COC[C@@H]([C@H]1C[C@H]23)[C@@H]54. The molecule has 1 aromatic carbocycles. The number of fused-ring (bicyclic) bond motifs is 4. The summed E-state index contributed by atoms with van der Waals surface area (Å²) in [7, 11) is 0. The molecule has 1 saturated carbocycles. The minimum absolute atomic E-state index is 0.389. The molecular formula is C20H26N2O. The Morgan fingerprint density at radius 1 is 1.26 bits per heavy atom. The molecule has 1 aromatic rings. The maximum Gasteiger partial charge on any atom is 0.119 e. The van der Waals surface area contributed by atoms with Crippen molar-refractivity contribution in [2.75, 3.05) is 31.3 Å². The van der Waals surface area contributed by atoms with Crippen LogP contribution in [0.3, 0.4) is 0 Å². The van der Waals surface area contributed by atoms with Gasteiger partial charge in [-0.25, -0.2) is 0 Å². The molecule has 0 aromatic heterocycles. The van der Waals surface area contributed by atoms with Crippen LogP contribution in [0.2, 0.25) is 0 Å². The second-order valence-electron chi connectivity index (χ2n) is 8.46. The predicted molar refractivity (Wildman–Crippen MR) is 90.6 cm³/mol. The lowest BCUT2D eigenvalue weighted by Gasteiger charge is -2.59. The fourth-order valence-electron chi connectivity index (χ4n) is 7.26. The summed E-state index contributed by atoms with van der Waals surface area (Å²) in [6.07, 6.45) is 4.10. The number of para-hydroxylation sites is 1. The first-order chi connectivity index (χ1) is 11.3. The number of nitrogens with zero attached hydrogens (tertiary/aromatic N) is 2. The first-order valence-electron chi connectivity index (χ1n) is 9.52. The van der Waals surface area contributed by atoms with Crippen molar-refractivity contribution in [2.24, 2.45) is 17.8 Å². The summed E-state index contributed by atoms with van der Waals surface area (Å²) in [5.74, 6) is 2.48. The van der Waals surface area contributed by atoms with E-state index in [-0.39, 0.29) is 0 Å². The van der Waals surface area contributed by atoms with Gasteiger partial charge in [-0.1, -0.05) is 31.5 Å². The molecule has 1 aliphatic carbocycles. The lowest BCUT2D eigenvalue weighted by atomic mass is 9.54. The minimum atomic E-state index is 0.389. The van der Waals surface area contributed by atoms with E-state index in [2.05, 4.69) is 41.0 Å². The van der Waals surface area contributed by atoms with Gasteiger partial charge < -0.3 is 9.64 Å². The van der Waals surface area contributed by atoms with Crippen molar-refractivity contribution in [3.8, 4) is 0 Å². The molecule has 0 amide bonds. The molecule has 4 heterocycles. The smallest absolute Gasteiger partial charge is 0.119 e. The monoisotopic (exact) mass is 310 g/mol. The molecule has 4 fully saturated rings. The van der Waals surface area contributed by atoms with E-state index >= 15 is 0 Å². The second kappa shape index (κ2) is 4.31. The van der Waals surface area contributed by atoms with E-state index in [0.29, 0.717) is 11.5 Å². The standard InChI is InChI=1S/C20H26N2O/c1-2-13-10-21-8-7-20-16-5-3-4-6-17(16)22-12-23-11-15(19(20)22)14(13)9-18(20)21/h3-6,13-15,18-19H,2,7-12H2,1H3/t13-,14+,15+,18+,19-,20-/m1/s1. The van der Waals surface area contributed by atoms with Crippen molar-refractivity contribution in [2.45, 2.75) is 43.7 Å². The highest BCUT2D eigenvalue weighted by Gasteiger charge is 2.68. The molecule has 122 valence electrons. The molecule has 5 aliphatic rings. The maximum absolute atomic E-state index is 6.13. The quantitative estimate of drug-likeness (QED) is 0.793. The number of benzene rings is 1. The van der Waals surface area contributed by atoms with Crippen LogP contribution in [-0.2, 0) is 10.2 Å². The van der Waals surface area contributed by atoms with Crippen LogP contribution in [0.25, 0.3) is 0 Å². The molecule has 6 rings (SSSR count). The highest BCUT2D eigenvalue weighted by atomic mass is 16.5. The number of piperidine rings is 1. The van der Waals surface area contributed by atoms with E-state index in [4.69, 9.17) is 4.74 Å². The number of anilines is 1. The number of hydrogen-bond acceptors (Lipinski definition) is 3. The van der Waals surface area contributed by atoms with Crippen LogP contribution in [0.5, 0.6) is 0 Å². The van der Waals surface area contributed by atoms with Gasteiger partial charge in [0.15, 0.2) is 0 Å². The highest BCUT2D eigenvalue weighted by molar-refractivity contribution is 5.67. The Morgan fingerprint density at radius 2 is 2.17 bits per heavy atom. The van der Waals surface area contributed by atoms with Gasteiger partial charge in [0.25, 0.3) is 0 Å². The summed E-state index contributed by atoms with van der Waals surface area (Å²) >= 11 is 0. The summed E-state index contributed by atoms with van der Waals surface area (Å²) in [5.41, 5.74) is 3.51. The van der Waals surface area contributed by atoms with Gasteiger partial charge in [-0.05, 0) is 42.9 Å². The van der Waals surface area contributed by atoms with E-state index in [1.165, 1.54) is 38.0 Å². The van der Waals surface area contributed by atoms with E-state index in [1.807, 2.05) is 0 Å². The Morgan fingerprint density at radius 3 is 3.09 bits per heavy atom. The molecule has 1 spiro atoms. The fourth-order valence-corrected chi connectivity index (χ4v) is 7.26. The van der Waals surface area contributed by atoms with Crippen LogP contribution in [0, 0.1) is 17.8 Å². The molecular weight excluding hydrogens is 284 g/mol. The summed E-state index contributed by atoms with van der Waals surface area (Å²) in [5, 5.41) is 0. The first-order valence-corrected chi connectivity index (χ1v) is 9.52. The van der Waals surface area contributed by atoms with Crippen LogP contribution in [0.4, 0.5) is 5.69 Å². The summed E-state index contributed by atoms with van der Waals surface area (Å²) in [4.78, 5) is 5.50. The van der Waals surface area contributed by atoms with Crippen LogP contribution >= 0.6 is 0 Å². The average Bonchev–Trinajstić information content (AvgIpc) is 3.14. The first kappa shape index (κ1) is 13.3. The molecule has 23 heavy (non-hydrogen) atoms. The van der Waals surface area contributed by atoms with Crippen LogP contribution in [0.15, 0.2) is 24.3 Å². The molecule has 0 N–H and O–H groups in total. The molecule has 0 unspecified atom stereocenters. The molecule has 2 bridgehead atoms. The molecule has 3 saturated heterocycles. The molecule has 3 nitrogen and oxygen atoms in total. The summed E-state index contributed by atoms with van der Waals surface area (Å²) < 4.78 is 6.13. The van der Waals surface area contributed by atoms with Crippen molar-refractivity contribution in [3.05, 3.63) is 29.8 Å². The van der Waals surface area contributed by atoms with E-state index in [1.54, 1.807) is 5.56 Å². The minimum Gasteiger partial charge on any atom is -0.361 e. The summed E-state index contributed by atoms with van der Waals surface area (Å²) in [6.45, 7) is 6.83.